The molecule has 0 bridgehead atoms. The number of thiophene rings is 1. The van der Waals surface area contributed by atoms with Crippen molar-refractivity contribution in [2.24, 2.45) is 0 Å². The van der Waals surface area contributed by atoms with Crippen LogP contribution in [-0.2, 0) is 11.2 Å². The van der Waals surface area contributed by atoms with Crippen molar-refractivity contribution in [1.29, 1.82) is 0 Å². The quantitative estimate of drug-likeness (QED) is 0.699. The van der Waals surface area contributed by atoms with Crippen LogP contribution in [0.15, 0.2) is 34.1 Å². The van der Waals surface area contributed by atoms with Crippen molar-refractivity contribution in [2.75, 3.05) is 11.9 Å². The molecule has 0 saturated carbocycles. The van der Waals surface area contributed by atoms with Crippen molar-refractivity contribution in [3.63, 3.8) is 0 Å². The summed E-state index contributed by atoms with van der Waals surface area (Å²) >= 11 is 11.7. The second kappa shape index (κ2) is 5.51. The van der Waals surface area contributed by atoms with Gasteiger partial charge in [0.05, 0.1) is 9.16 Å². The number of aryl methyl sites for hydroxylation is 1. The molecule has 1 aromatic carbocycles. The number of halogens is 2. The fourth-order valence-electron chi connectivity index (χ4n) is 2.46. The molecule has 0 N–H and O–H groups in total. The van der Waals surface area contributed by atoms with Crippen molar-refractivity contribution in [2.45, 2.75) is 18.2 Å². The lowest BCUT2D eigenvalue weighted by Gasteiger charge is -2.26. The SMILES string of the molecule is CN1C(=O)CCc2cc(C(Cl)c3ccc(Br)s3)ccc21. The summed E-state index contributed by atoms with van der Waals surface area (Å²) in [4.78, 5) is 14.5. The number of carbonyl (C=O) groups is 1. The van der Waals surface area contributed by atoms with Crippen LogP contribution in [0, 0.1) is 0 Å². The Morgan fingerprint density at radius 1 is 1.30 bits per heavy atom. The zero-order chi connectivity index (χ0) is 14.3. The first-order valence-electron chi connectivity index (χ1n) is 6.35. The molecule has 0 aliphatic carbocycles. The van der Waals surface area contributed by atoms with Crippen LogP contribution < -0.4 is 4.90 Å². The minimum absolute atomic E-state index is 0.139. The average molecular weight is 371 g/mol. The Morgan fingerprint density at radius 2 is 2.10 bits per heavy atom. The van der Waals surface area contributed by atoms with Crippen molar-refractivity contribution >= 4 is 50.5 Å². The Balaban J connectivity index is 1.95. The summed E-state index contributed by atoms with van der Waals surface area (Å²) < 4.78 is 1.08. The maximum absolute atomic E-state index is 11.7. The molecule has 0 fully saturated rings. The van der Waals surface area contributed by atoms with E-state index in [1.54, 1.807) is 16.2 Å². The molecule has 0 radical (unpaired) electrons. The maximum atomic E-state index is 11.7. The van der Waals surface area contributed by atoms with Gasteiger partial charge in [0.25, 0.3) is 0 Å². The Morgan fingerprint density at radius 3 is 2.80 bits per heavy atom. The molecular formula is C15H13BrClNOS. The van der Waals surface area contributed by atoms with Crippen LogP contribution in [0.5, 0.6) is 0 Å². The van der Waals surface area contributed by atoms with Crippen molar-refractivity contribution in [3.8, 4) is 0 Å². The number of fused-ring (bicyclic) bond motifs is 1. The lowest BCUT2D eigenvalue weighted by atomic mass is 9.97. The summed E-state index contributed by atoms with van der Waals surface area (Å²) in [7, 11) is 1.83. The van der Waals surface area contributed by atoms with E-state index in [0.717, 1.165) is 26.3 Å². The third kappa shape index (κ3) is 2.52. The highest BCUT2D eigenvalue weighted by atomic mass is 79.9. The monoisotopic (exact) mass is 369 g/mol. The molecule has 1 atom stereocenters. The topological polar surface area (TPSA) is 20.3 Å². The smallest absolute Gasteiger partial charge is 0.227 e. The molecule has 1 aromatic heterocycles. The summed E-state index contributed by atoms with van der Waals surface area (Å²) in [6, 6.07) is 10.2. The van der Waals surface area contributed by atoms with Gasteiger partial charge in [-0.2, -0.15) is 0 Å². The first-order chi connectivity index (χ1) is 9.56. The van der Waals surface area contributed by atoms with Gasteiger partial charge in [-0.25, -0.2) is 0 Å². The number of hydrogen-bond donors (Lipinski definition) is 0. The highest BCUT2D eigenvalue weighted by Gasteiger charge is 2.22. The Bertz CT molecular complexity index is 670. The minimum Gasteiger partial charge on any atom is -0.315 e. The highest BCUT2D eigenvalue weighted by molar-refractivity contribution is 9.11. The third-order valence-corrected chi connectivity index (χ3v) is 5.89. The molecule has 1 aliphatic rings. The molecule has 5 heteroatoms. The van der Waals surface area contributed by atoms with E-state index in [1.807, 2.05) is 31.3 Å². The third-order valence-electron chi connectivity index (χ3n) is 3.58. The fraction of sp³-hybridized carbons (Fsp3) is 0.267. The van der Waals surface area contributed by atoms with E-state index >= 15 is 0 Å². The van der Waals surface area contributed by atoms with Gasteiger partial charge >= 0.3 is 0 Å². The number of alkyl halides is 1. The molecule has 3 rings (SSSR count). The van der Waals surface area contributed by atoms with Crippen LogP contribution in [0.2, 0.25) is 0 Å². The number of amides is 1. The van der Waals surface area contributed by atoms with E-state index < -0.39 is 0 Å². The Labute approximate surface area is 135 Å². The van der Waals surface area contributed by atoms with Gasteiger partial charge in [-0.3, -0.25) is 4.79 Å². The Hall–Kier alpha value is -0.840. The van der Waals surface area contributed by atoms with Gasteiger partial charge in [-0.05, 0) is 51.7 Å². The molecule has 0 saturated heterocycles. The summed E-state index contributed by atoms with van der Waals surface area (Å²) in [5.74, 6) is 0.176. The first-order valence-corrected chi connectivity index (χ1v) is 8.39. The molecule has 1 unspecified atom stereocenters. The van der Waals surface area contributed by atoms with E-state index in [1.165, 1.54) is 5.56 Å². The van der Waals surface area contributed by atoms with E-state index in [9.17, 15) is 4.79 Å². The van der Waals surface area contributed by atoms with Crippen molar-refractivity contribution < 1.29 is 4.79 Å². The second-order valence-electron chi connectivity index (χ2n) is 4.85. The molecule has 20 heavy (non-hydrogen) atoms. The van der Waals surface area contributed by atoms with Gasteiger partial charge in [-0.1, -0.05) is 12.1 Å². The fourth-order valence-corrected chi connectivity index (χ4v) is 4.23. The predicted octanol–water partition coefficient (Wildman–Crippen LogP) is 4.75. The summed E-state index contributed by atoms with van der Waals surface area (Å²) in [5.41, 5.74) is 3.29. The summed E-state index contributed by atoms with van der Waals surface area (Å²) in [5, 5.41) is -0.139. The zero-order valence-corrected chi connectivity index (χ0v) is 14.1. The highest BCUT2D eigenvalue weighted by Crippen LogP contribution is 2.38. The lowest BCUT2D eigenvalue weighted by Crippen LogP contribution is -2.31. The summed E-state index contributed by atoms with van der Waals surface area (Å²) in [6.07, 6.45) is 1.37. The van der Waals surface area contributed by atoms with Crippen molar-refractivity contribution in [3.05, 3.63) is 50.1 Å². The number of nitrogens with zero attached hydrogens (tertiary/aromatic N) is 1. The minimum atomic E-state index is -0.139. The van der Waals surface area contributed by atoms with Gasteiger partial charge in [0.1, 0.15) is 0 Å². The van der Waals surface area contributed by atoms with Crippen LogP contribution in [0.1, 0.15) is 27.8 Å². The molecular weight excluding hydrogens is 358 g/mol. The normalized spacial score (nSPS) is 16.1. The molecule has 2 nitrogen and oxygen atoms in total. The van der Waals surface area contributed by atoms with Gasteiger partial charge in [0, 0.05) is 24.0 Å². The average Bonchev–Trinajstić information content (AvgIpc) is 2.88. The maximum Gasteiger partial charge on any atom is 0.227 e. The van der Waals surface area contributed by atoms with E-state index in [0.29, 0.717) is 6.42 Å². The molecule has 104 valence electrons. The van der Waals surface area contributed by atoms with Gasteiger partial charge < -0.3 is 4.90 Å². The van der Waals surface area contributed by atoms with Crippen LogP contribution in [0.25, 0.3) is 0 Å². The number of rotatable bonds is 2. The molecule has 0 spiro atoms. The van der Waals surface area contributed by atoms with Crippen LogP contribution in [0.4, 0.5) is 5.69 Å². The largest absolute Gasteiger partial charge is 0.315 e. The predicted molar refractivity (Wildman–Crippen MR) is 87.9 cm³/mol. The Kier molecular flexibility index (Phi) is 3.89. The van der Waals surface area contributed by atoms with Gasteiger partial charge in [-0.15, -0.1) is 22.9 Å². The lowest BCUT2D eigenvalue weighted by molar-refractivity contribution is -0.118. The van der Waals surface area contributed by atoms with Crippen LogP contribution in [-0.4, -0.2) is 13.0 Å². The van der Waals surface area contributed by atoms with Crippen LogP contribution >= 0.6 is 38.9 Å². The number of anilines is 1. The molecule has 1 aliphatic heterocycles. The van der Waals surface area contributed by atoms with E-state index in [4.69, 9.17) is 11.6 Å². The van der Waals surface area contributed by atoms with E-state index in [2.05, 4.69) is 22.0 Å². The standard InChI is InChI=1S/C15H13BrClNOS/c1-18-11-4-2-10(8-9(11)3-7-14(18)19)15(17)12-5-6-13(16)20-12/h2,4-6,8,15H,3,7H2,1H3. The molecule has 1 amide bonds. The number of carbonyl (C=O) groups excluding carboxylic acids is 1. The van der Waals surface area contributed by atoms with Crippen LogP contribution in [0.3, 0.4) is 0 Å². The van der Waals surface area contributed by atoms with E-state index in [-0.39, 0.29) is 11.3 Å². The van der Waals surface area contributed by atoms with Gasteiger partial charge in [0.15, 0.2) is 0 Å². The number of benzene rings is 1. The zero-order valence-electron chi connectivity index (χ0n) is 10.9. The van der Waals surface area contributed by atoms with Crippen molar-refractivity contribution in [1.82, 2.24) is 0 Å². The first kappa shape index (κ1) is 14.1. The molecule has 2 heterocycles. The second-order valence-corrected chi connectivity index (χ2v) is 7.78. The summed E-state index contributed by atoms with van der Waals surface area (Å²) in [6.45, 7) is 0. The number of hydrogen-bond acceptors (Lipinski definition) is 2. The van der Waals surface area contributed by atoms with Gasteiger partial charge in [0.2, 0.25) is 5.91 Å². The molecule has 2 aromatic rings.